The highest BCUT2D eigenvalue weighted by atomic mass is 15.0. The first kappa shape index (κ1) is 22.4. The lowest BCUT2D eigenvalue weighted by Gasteiger charge is -2.16. The van der Waals surface area contributed by atoms with E-state index in [9.17, 15) is 0 Å². The van der Waals surface area contributed by atoms with E-state index in [1.54, 1.807) is 0 Å². The number of rotatable bonds is 2. The van der Waals surface area contributed by atoms with Crippen LogP contribution in [0.25, 0.3) is 81.7 Å². The van der Waals surface area contributed by atoms with Crippen molar-refractivity contribution in [3.05, 3.63) is 152 Å². The van der Waals surface area contributed by atoms with Crippen LogP contribution in [0, 0.1) is 0 Å². The van der Waals surface area contributed by atoms with Gasteiger partial charge in [-0.25, -0.2) is 0 Å². The molecule has 0 bridgehead atoms. The molecule has 1 heterocycles. The summed E-state index contributed by atoms with van der Waals surface area (Å²) in [5.74, 6) is 0. The predicted molar refractivity (Wildman–Crippen MR) is 176 cm³/mol. The van der Waals surface area contributed by atoms with Gasteiger partial charge in [-0.2, -0.15) is 0 Å². The Bertz CT molecular complexity index is 2460. The van der Waals surface area contributed by atoms with E-state index >= 15 is 0 Å². The largest absolute Gasteiger partial charge is 0.309 e. The number of hydrogen-bond acceptors (Lipinski definition) is 0. The van der Waals surface area contributed by atoms with Crippen molar-refractivity contribution in [2.24, 2.45) is 0 Å². The second kappa shape index (κ2) is 8.55. The highest BCUT2D eigenvalue weighted by Gasteiger charge is 2.17. The van der Waals surface area contributed by atoms with Crippen molar-refractivity contribution < 1.29 is 0 Å². The molecule has 0 aliphatic carbocycles. The molecule has 0 atom stereocenters. The van der Waals surface area contributed by atoms with Gasteiger partial charge in [-0.05, 0) is 84.5 Å². The smallest absolute Gasteiger partial charge is 0.0547 e. The molecule has 9 rings (SSSR count). The summed E-state index contributed by atoms with van der Waals surface area (Å²) < 4.78 is 2.40. The maximum Gasteiger partial charge on any atom is 0.0547 e. The van der Waals surface area contributed by atoms with E-state index in [2.05, 4.69) is 156 Å². The molecule has 1 heteroatoms. The second-order valence-corrected chi connectivity index (χ2v) is 10.9. The Kier molecular flexibility index (Phi) is 4.67. The highest BCUT2D eigenvalue weighted by molar-refractivity contribution is 6.33. The molecule has 9 aromatic rings. The first-order chi connectivity index (χ1) is 20.4. The van der Waals surface area contributed by atoms with Crippen LogP contribution in [-0.2, 0) is 0 Å². The molecule has 0 unspecified atom stereocenters. The van der Waals surface area contributed by atoms with Crippen LogP contribution >= 0.6 is 0 Å². The van der Waals surface area contributed by atoms with Gasteiger partial charge in [0.15, 0.2) is 0 Å². The summed E-state index contributed by atoms with van der Waals surface area (Å²) in [7, 11) is 0. The normalized spacial score (nSPS) is 11.9. The molecular formula is C40H25N. The lowest BCUT2D eigenvalue weighted by atomic mass is 9.87. The van der Waals surface area contributed by atoms with E-state index < -0.39 is 0 Å². The van der Waals surface area contributed by atoms with Crippen molar-refractivity contribution in [1.82, 2.24) is 4.57 Å². The summed E-state index contributed by atoms with van der Waals surface area (Å²) in [5.41, 5.74) is 6.12. The average molecular weight is 520 g/mol. The van der Waals surface area contributed by atoms with Crippen LogP contribution in [0.2, 0.25) is 0 Å². The lowest BCUT2D eigenvalue weighted by molar-refractivity contribution is 1.18. The second-order valence-electron chi connectivity index (χ2n) is 10.9. The minimum Gasteiger partial charge on any atom is -0.309 e. The number of nitrogens with zero attached hydrogens (tertiary/aromatic N) is 1. The third kappa shape index (κ3) is 3.18. The zero-order valence-electron chi connectivity index (χ0n) is 22.4. The van der Waals surface area contributed by atoms with Crippen LogP contribution in [0.15, 0.2) is 152 Å². The maximum atomic E-state index is 2.43. The van der Waals surface area contributed by atoms with Crippen molar-refractivity contribution in [2.75, 3.05) is 0 Å². The summed E-state index contributed by atoms with van der Waals surface area (Å²) in [4.78, 5) is 0. The highest BCUT2D eigenvalue weighted by Crippen LogP contribution is 2.43. The van der Waals surface area contributed by atoms with Crippen LogP contribution in [0.4, 0.5) is 0 Å². The number of hydrogen-bond donors (Lipinski definition) is 0. The van der Waals surface area contributed by atoms with Gasteiger partial charge in [0.25, 0.3) is 0 Å². The van der Waals surface area contributed by atoms with Gasteiger partial charge in [-0.3, -0.25) is 0 Å². The topological polar surface area (TPSA) is 4.93 Å². The van der Waals surface area contributed by atoms with Gasteiger partial charge in [-0.1, -0.05) is 121 Å². The standard InChI is InChI=1S/C40H25N/c1-2-12-27(13-3-1)41-38-21-11-10-18-32(38)33-23-22-26(24-39(33)41)36-25-37-30-16-5-4-14-28(30)29-15-6-8-19-34(29)40(37)35-20-9-7-17-31(35)36/h1-25H. The van der Waals surface area contributed by atoms with Crippen LogP contribution < -0.4 is 0 Å². The Labute approximate surface area is 237 Å². The maximum absolute atomic E-state index is 2.43. The van der Waals surface area contributed by atoms with E-state index in [0.29, 0.717) is 0 Å². The molecule has 0 radical (unpaired) electrons. The molecule has 0 amide bonds. The van der Waals surface area contributed by atoms with Crippen LogP contribution in [0.3, 0.4) is 0 Å². The van der Waals surface area contributed by atoms with E-state index in [-0.39, 0.29) is 0 Å². The van der Waals surface area contributed by atoms with Gasteiger partial charge in [0, 0.05) is 16.5 Å². The first-order valence-corrected chi connectivity index (χ1v) is 14.2. The summed E-state index contributed by atoms with van der Waals surface area (Å²) >= 11 is 0. The molecule has 190 valence electrons. The molecule has 41 heavy (non-hydrogen) atoms. The fourth-order valence-electron chi connectivity index (χ4n) is 7.00. The summed E-state index contributed by atoms with van der Waals surface area (Å²) in [6.45, 7) is 0. The SMILES string of the molecule is c1ccc(-n2c3ccccc3c3ccc(-c4cc5c6ccccc6c6ccccc6c5c5ccccc45)cc32)cc1. The number of para-hydroxylation sites is 2. The molecule has 0 aliphatic rings. The summed E-state index contributed by atoms with van der Waals surface area (Å²) in [6, 6.07) is 55.5. The number of benzene rings is 8. The van der Waals surface area contributed by atoms with E-state index in [1.165, 1.54) is 81.7 Å². The molecule has 0 aliphatic heterocycles. The van der Waals surface area contributed by atoms with Crippen molar-refractivity contribution >= 4 is 64.9 Å². The van der Waals surface area contributed by atoms with Gasteiger partial charge < -0.3 is 4.57 Å². The van der Waals surface area contributed by atoms with E-state index in [1.807, 2.05) is 0 Å². The van der Waals surface area contributed by atoms with Crippen LogP contribution in [0.5, 0.6) is 0 Å². The Morgan fingerprint density at radius 2 is 0.829 bits per heavy atom. The average Bonchev–Trinajstić information content (AvgIpc) is 3.38. The molecule has 8 aromatic carbocycles. The number of fused-ring (bicyclic) bond motifs is 11. The fourth-order valence-corrected chi connectivity index (χ4v) is 7.00. The molecule has 0 N–H and O–H groups in total. The zero-order valence-corrected chi connectivity index (χ0v) is 22.4. The molecule has 0 fully saturated rings. The minimum atomic E-state index is 1.18. The first-order valence-electron chi connectivity index (χ1n) is 14.2. The molecule has 1 nitrogen and oxygen atoms in total. The third-order valence-corrected chi connectivity index (χ3v) is 8.75. The Morgan fingerprint density at radius 1 is 0.317 bits per heavy atom. The molecule has 0 saturated heterocycles. The molecule has 0 saturated carbocycles. The quantitative estimate of drug-likeness (QED) is 0.200. The van der Waals surface area contributed by atoms with Gasteiger partial charge in [-0.15, -0.1) is 0 Å². The van der Waals surface area contributed by atoms with Gasteiger partial charge in [0.1, 0.15) is 0 Å². The summed E-state index contributed by atoms with van der Waals surface area (Å²) in [6.07, 6.45) is 0. The number of aromatic nitrogens is 1. The monoisotopic (exact) mass is 519 g/mol. The van der Waals surface area contributed by atoms with E-state index in [0.717, 1.165) is 0 Å². The van der Waals surface area contributed by atoms with Gasteiger partial charge >= 0.3 is 0 Å². The van der Waals surface area contributed by atoms with Crippen LogP contribution in [-0.4, -0.2) is 4.57 Å². The Balaban J connectivity index is 1.44. The van der Waals surface area contributed by atoms with Crippen molar-refractivity contribution in [3.63, 3.8) is 0 Å². The molecule has 1 aromatic heterocycles. The van der Waals surface area contributed by atoms with Crippen LogP contribution in [0.1, 0.15) is 0 Å². The molecule has 0 spiro atoms. The van der Waals surface area contributed by atoms with E-state index in [4.69, 9.17) is 0 Å². The van der Waals surface area contributed by atoms with Crippen molar-refractivity contribution in [1.29, 1.82) is 0 Å². The van der Waals surface area contributed by atoms with Crippen molar-refractivity contribution in [3.8, 4) is 16.8 Å². The minimum absolute atomic E-state index is 1.18. The summed E-state index contributed by atoms with van der Waals surface area (Å²) in [5, 5.41) is 13.0. The Morgan fingerprint density at radius 3 is 1.56 bits per heavy atom. The fraction of sp³-hybridized carbons (Fsp3) is 0. The zero-order chi connectivity index (χ0) is 26.9. The van der Waals surface area contributed by atoms with Crippen molar-refractivity contribution in [2.45, 2.75) is 0 Å². The van der Waals surface area contributed by atoms with Gasteiger partial charge in [0.05, 0.1) is 11.0 Å². The Hall–Kier alpha value is -5.40. The molecular weight excluding hydrogens is 494 g/mol. The predicted octanol–water partition coefficient (Wildman–Crippen LogP) is 11.1. The lowest BCUT2D eigenvalue weighted by Crippen LogP contribution is -1.93. The third-order valence-electron chi connectivity index (χ3n) is 8.75. The van der Waals surface area contributed by atoms with Gasteiger partial charge in [0.2, 0.25) is 0 Å².